The van der Waals surface area contributed by atoms with Gasteiger partial charge in [0.25, 0.3) is 5.92 Å². The van der Waals surface area contributed by atoms with Gasteiger partial charge in [-0.1, -0.05) is 0 Å². The third-order valence-electron chi connectivity index (χ3n) is 3.41. The Kier molecular flexibility index (Phi) is 2.91. The number of alkyl halides is 2. The van der Waals surface area contributed by atoms with Gasteiger partial charge in [-0.2, -0.15) is 0 Å². The van der Waals surface area contributed by atoms with Crippen LogP contribution in [0.5, 0.6) is 0 Å². The monoisotopic (exact) mass is 218 g/mol. The average Bonchev–Trinajstić information content (AvgIpc) is 2.19. The first kappa shape index (κ1) is 10.8. The van der Waals surface area contributed by atoms with Crippen molar-refractivity contribution in [1.82, 2.24) is 10.6 Å². The average molecular weight is 218 g/mol. The van der Waals surface area contributed by atoms with Crippen LogP contribution in [-0.2, 0) is 4.79 Å². The van der Waals surface area contributed by atoms with Gasteiger partial charge >= 0.3 is 0 Å². The van der Waals surface area contributed by atoms with Crippen molar-refractivity contribution in [2.75, 3.05) is 19.6 Å². The fourth-order valence-electron chi connectivity index (χ4n) is 2.45. The van der Waals surface area contributed by atoms with Gasteiger partial charge in [0.05, 0.1) is 0 Å². The maximum Gasteiger partial charge on any atom is 0.253 e. The molecule has 0 aliphatic carbocycles. The number of carbonyl (C=O) groups is 1. The third-order valence-corrected chi connectivity index (χ3v) is 3.41. The van der Waals surface area contributed by atoms with E-state index in [0.717, 1.165) is 0 Å². The summed E-state index contributed by atoms with van der Waals surface area (Å²) in [5, 5.41) is 5.67. The van der Waals surface area contributed by atoms with Crippen LogP contribution in [0.3, 0.4) is 0 Å². The predicted molar refractivity (Wildman–Crippen MR) is 51.7 cm³/mol. The van der Waals surface area contributed by atoms with E-state index < -0.39 is 11.8 Å². The SMILES string of the molecule is O=C1CCC([C@H]2CNCCC2(F)F)CN1. The molecule has 2 saturated heterocycles. The van der Waals surface area contributed by atoms with E-state index in [1.54, 1.807) is 0 Å². The minimum atomic E-state index is -2.57. The minimum Gasteiger partial charge on any atom is -0.356 e. The summed E-state index contributed by atoms with van der Waals surface area (Å²) in [6, 6.07) is 0. The van der Waals surface area contributed by atoms with Crippen LogP contribution in [0.25, 0.3) is 0 Å². The maximum atomic E-state index is 13.6. The molecule has 0 aromatic rings. The molecule has 0 saturated carbocycles. The van der Waals surface area contributed by atoms with E-state index in [0.29, 0.717) is 32.5 Å². The highest BCUT2D eigenvalue weighted by Crippen LogP contribution is 2.37. The van der Waals surface area contributed by atoms with Gasteiger partial charge in [0.15, 0.2) is 0 Å². The fraction of sp³-hybridized carbons (Fsp3) is 0.900. The van der Waals surface area contributed by atoms with Crippen molar-refractivity contribution in [2.45, 2.75) is 25.2 Å². The summed E-state index contributed by atoms with van der Waals surface area (Å²) >= 11 is 0. The Morgan fingerprint density at radius 1 is 1.33 bits per heavy atom. The molecule has 2 rings (SSSR count). The molecule has 0 spiro atoms. The van der Waals surface area contributed by atoms with Crippen LogP contribution in [0.4, 0.5) is 8.78 Å². The number of carbonyl (C=O) groups excluding carboxylic acids is 1. The molecular weight excluding hydrogens is 202 g/mol. The zero-order chi connectivity index (χ0) is 10.9. The van der Waals surface area contributed by atoms with Crippen molar-refractivity contribution < 1.29 is 13.6 Å². The van der Waals surface area contributed by atoms with Crippen molar-refractivity contribution in [3.05, 3.63) is 0 Å². The molecule has 1 amide bonds. The first-order chi connectivity index (χ1) is 7.09. The lowest BCUT2D eigenvalue weighted by Gasteiger charge is -2.38. The summed E-state index contributed by atoms with van der Waals surface area (Å²) < 4.78 is 27.2. The van der Waals surface area contributed by atoms with Crippen LogP contribution in [-0.4, -0.2) is 31.5 Å². The number of nitrogens with one attached hydrogen (secondary N) is 2. The normalized spacial score (nSPS) is 36.0. The van der Waals surface area contributed by atoms with Crippen LogP contribution < -0.4 is 10.6 Å². The van der Waals surface area contributed by atoms with Gasteiger partial charge in [0, 0.05) is 38.4 Å². The largest absolute Gasteiger partial charge is 0.356 e. The molecule has 0 radical (unpaired) electrons. The molecule has 2 atom stereocenters. The summed E-state index contributed by atoms with van der Waals surface area (Å²) in [5.41, 5.74) is 0. The second-order valence-corrected chi connectivity index (χ2v) is 4.42. The van der Waals surface area contributed by atoms with Crippen LogP contribution >= 0.6 is 0 Å². The van der Waals surface area contributed by atoms with Crippen molar-refractivity contribution in [3.8, 4) is 0 Å². The number of piperidine rings is 2. The van der Waals surface area contributed by atoms with Gasteiger partial charge in [-0.25, -0.2) is 8.78 Å². The van der Waals surface area contributed by atoms with E-state index in [4.69, 9.17) is 0 Å². The van der Waals surface area contributed by atoms with Gasteiger partial charge in [-0.3, -0.25) is 4.79 Å². The second-order valence-electron chi connectivity index (χ2n) is 4.42. The topological polar surface area (TPSA) is 41.1 Å². The van der Waals surface area contributed by atoms with Crippen LogP contribution in [0.1, 0.15) is 19.3 Å². The molecule has 0 bridgehead atoms. The molecule has 2 N–H and O–H groups in total. The Morgan fingerprint density at radius 2 is 2.13 bits per heavy atom. The Labute approximate surface area is 87.6 Å². The molecule has 2 aliphatic rings. The highest BCUT2D eigenvalue weighted by molar-refractivity contribution is 5.76. The second kappa shape index (κ2) is 4.04. The lowest BCUT2D eigenvalue weighted by molar-refractivity contribution is -0.128. The first-order valence-corrected chi connectivity index (χ1v) is 5.45. The number of amides is 1. The van der Waals surface area contributed by atoms with Gasteiger partial charge in [-0.05, 0) is 12.3 Å². The summed E-state index contributed by atoms with van der Waals surface area (Å²) in [5.74, 6) is -3.28. The van der Waals surface area contributed by atoms with Gasteiger partial charge < -0.3 is 10.6 Å². The molecule has 2 fully saturated rings. The highest BCUT2D eigenvalue weighted by Gasteiger charge is 2.46. The summed E-state index contributed by atoms with van der Waals surface area (Å²) in [4.78, 5) is 10.9. The quantitative estimate of drug-likeness (QED) is 0.682. The number of hydrogen-bond acceptors (Lipinski definition) is 2. The Bertz CT molecular complexity index is 248. The highest BCUT2D eigenvalue weighted by atomic mass is 19.3. The molecule has 86 valence electrons. The van der Waals surface area contributed by atoms with Crippen LogP contribution in [0, 0.1) is 11.8 Å². The predicted octanol–water partition coefficient (Wildman–Crippen LogP) is 0.757. The molecule has 5 heteroatoms. The Morgan fingerprint density at radius 3 is 2.73 bits per heavy atom. The van der Waals surface area contributed by atoms with E-state index in [1.165, 1.54) is 0 Å². The van der Waals surface area contributed by atoms with Crippen molar-refractivity contribution in [3.63, 3.8) is 0 Å². The Hall–Kier alpha value is -0.710. The summed E-state index contributed by atoms with van der Waals surface area (Å²) in [7, 11) is 0. The van der Waals surface area contributed by atoms with Gasteiger partial charge in [-0.15, -0.1) is 0 Å². The zero-order valence-electron chi connectivity index (χ0n) is 8.56. The molecule has 0 aromatic carbocycles. The molecule has 2 heterocycles. The first-order valence-electron chi connectivity index (χ1n) is 5.45. The van der Waals surface area contributed by atoms with E-state index >= 15 is 0 Å². The molecule has 3 nitrogen and oxygen atoms in total. The van der Waals surface area contributed by atoms with Gasteiger partial charge in [0.1, 0.15) is 0 Å². The van der Waals surface area contributed by atoms with Crippen LogP contribution in [0.15, 0.2) is 0 Å². The summed E-state index contributed by atoms with van der Waals surface area (Å²) in [6.07, 6.45) is 0.896. The molecule has 0 aromatic heterocycles. The van der Waals surface area contributed by atoms with E-state index in [2.05, 4.69) is 10.6 Å². The molecule has 15 heavy (non-hydrogen) atoms. The standard InChI is InChI=1S/C10H16F2N2O/c11-10(12)3-4-13-6-8(10)7-1-2-9(15)14-5-7/h7-8,13H,1-6H2,(H,14,15)/t7?,8-/m1/s1. The fourth-order valence-corrected chi connectivity index (χ4v) is 2.45. The smallest absolute Gasteiger partial charge is 0.253 e. The summed E-state index contributed by atoms with van der Waals surface area (Å²) in [6.45, 7) is 1.16. The van der Waals surface area contributed by atoms with Crippen molar-refractivity contribution in [2.24, 2.45) is 11.8 Å². The Balaban J connectivity index is 1.99. The minimum absolute atomic E-state index is 0.0154. The lowest BCUT2D eigenvalue weighted by atomic mass is 9.79. The van der Waals surface area contributed by atoms with Crippen molar-refractivity contribution >= 4 is 5.91 Å². The molecular formula is C10H16F2N2O. The molecule has 2 aliphatic heterocycles. The van der Waals surface area contributed by atoms with E-state index in [-0.39, 0.29) is 18.2 Å². The third kappa shape index (κ3) is 2.27. The number of rotatable bonds is 1. The van der Waals surface area contributed by atoms with E-state index in [9.17, 15) is 13.6 Å². The van der Waals surface area contributed by atoms with E-state index in [1.807, 2.05) is 0 Å². The number of hydrogen-bond donors (Lipinski definition) is 2. The molecule has 1 unspecified atom stereocenters. The zero-order valence-corrected chi connectivity index (χ0v) is 8.56. The van der Waals surface area contributed by atoms with Crippen molar-refractivity contribution in [1.29, 1.82) is 0 Å². The van der Waals surface area contributed by atoms with Crippen LogP contribution in [0.2, 0.25) is 0 Å². The van der Waals surface area contributed by atoms with Gasteiger partial charge in [0.2, 0.25) is 5.91 Å². The number of halogens is 2. The lowest BCUT2D eigenvalue weighted by Crippen LogP contribution is -2.51. The maximum absolute atomic E-state index is 13.6.